The van der Waals surface area contributed by atoms with Crippen LogP contribution in [0.2, 0.25) is 0 Å². The Bertz CT molecular complexity index is 412. The molecule has 0 aliphatic rings. The van der Waals surface area contributed by atoms with Crippen molar-refractivity contribution >= 4 is 11.9 Å². The molecule has 0 radical (unpaired) electrons. The van der Waals surface area contributed by atoms with Gasteiger partial charge in [-0.25, -0.2) is 0 Å². The molecule has 0 aliphatic heterocycles. The van der Waals surface area contributed by atoms with Gasteiger partial charge in [0.2, 0.25) is 5.91 Å². The van der Waals surface area contributed by atoms with Gasteiger partial charge in [0, 0.05) is 6.92 Å². The molecular formula is C13H17NO3. The summed E-state index contributed by atoms with van der Waals surface area (Å²) in [7, 11) is 0. The number of hydrogen-bond donors (Lipinski definition) is 2. The van der Waals surface area contributed by atoms with Crippen LogP contribution in [-0.2, 0) is 9.59 Å². The first-order chi connectivity index (χ1) is 7.84. The average molecular weight is 235 g/mol. The van der Waals surface area contributed by atoms with E-state index in [0.29, 0.717) is 5.56 Å². The molecule has 0 spiro atoms. The molecule has 1 rings (SSSR count). The highest BCUT2D eigenvalue weighted by Gasteiger charge is 2.37. The van der Waals surface area contributed by atoms with Gasteiger partial charge in [-0.05, 0) is 19.4 Å². The van der Waals surface area contributed by atoms with Crippen LogP contribution in [-0.4, -0.2) is 22.5 Å². The van der Waals surface area contributed by atoms with E-state index in [9.17, 15) is 14.7 Å². The first-order valence-electron chi connectivity index (χ1n) is 5.41. The van der Waals surface area contributed by atoms with Gasteiger partial charge in [-0.3, -0.25) is 9.59 Å². The van der Waals surface area contributed by atoms with E-state index in [4.69, 9.17) is 0 Å². The van der Waals surface area contributed by atoms with Crippen LogP contribution >= 0.6 is 0 Å². The molecule has 0 saturated carbocycles. The highest BCUT2D eigenvalue weighted by atomic mass is 16.4. The van der Waals surface area contributed by atoms with Gasteiger partial charge in [0.25, 0.3) is 0 Å². The van der Waals surface area contributed by atoms with Crippen molar-refractivity contribution in [3.63, 3.8) is 0 Å². The number of carboxylic acid groups (broad SMARTS) is 1. The molecule has 1 unspecified atom stereocenters. The standard InChI is InChI=1S/C13H17NO3/c1-9(15)14-13(2,3)11(12(16)17)10-7-5-4-6-8-10/h4-8,11H,1-3H3,(H,14,15)(H,16,17). The molecule has 1 aromatic rings. The number of carbonyl (C=O) groups excluding carboxylic acids is 1. The summed E-state index contributed by atoms with van der Waals surface area (Å²) in [6.45, 7) is 4.80. The minimum absolute atomic E-state index is 0.239. The summed E-state index contributed by atoms with van der Waals surface area (Å²) in [6, 6.07) is 8.91. The van der Waals surface area contributed by atoms with Crippen LogP contribution in [0.1, 0.15) is 32.3 Å². The molecule has 1 amide bonds. The molecule has 0 heterocycles. The molecule has 0 saturated heterocycles. The van der Waals surface area contributed by atoms with Crippen LogP contribution in [0.4, 0.5) is 0 Å². The van der Waals surface area contributed by atoms with E-state index in [1.807, 2.05) is 6.07 Å². The summed E-state index contributed by atoms with van der Waals surface area (Å²) >= 11 is 0. The molecule has 0 aliphatic carbocycles. The molecule has 1 aromatic carbocycles. The van der Waals surface area contributed by atoms with E-state index in [1.54, 1.807) is 38.1 Å². The Hall–Kier alpha value is -1.84. The molecule has 4 nitrogen and oxygen atoms in total. The zero-order valence-corrected chi connectivity index (χ0v) is 10.2. The van der Waals surface area contributed by atoms with Gasteiger partial charge < -0.3 is 10.4 Å². The minimum atomic E-state index is -0.949. The minimum Gasteiger partial charge on any atom is -0.481 e. The Labute approximate surface area is 101 Å². The summed E-state index contributed by atoms with van der Waals surface area (Å²) < 4.78 is 0. The van der Waals surface area contributed by atoms with Crippen molar-refractivity contribution < 1.29 is 14.7 Å². The van der Waals surface area contributed by atoms with Crippen LogP contribution in [0.25, 0.3) is 0 Å². The number of aliphatic carboxylic acids is 1. The monoisotopic (exact) mass is 235 g/mol. The Morgan fingerprint density at radius 3 is 2.18 bits per heavy atom. The van der Waals surface area contributed by atoms with Gasteiger partial charge in [-0.15, -0.1) is 0 Å². The lowest BCUT2D eigenvalue weighted by Gasteiger charge is -2.32. The number of carbonyl (C=O) groups is 2. The SMILES string of the molecule is CC(=O)NC(C)(C)C(C(=O)O)c1ccccc1. The van der Waals surface area contributed by atoms with Gasteiger partial charge in [0.1, 0.15) is 5.92 Å². The summed E-state index contributed by atoms with van der Waals surface area (Å²) in [5.74, 6) is -1.96. The van der Waals surface area contributed by atoms with Crippen LogP contribution in [0, 0.1) is 0 Å². The van der Waals surface area contributed by atoms with Gasteiger partial charge in [0.05, 0.1) is 5.54 Å². The van der Waals surface area contributed by atoms with Crippen molar-refractivity contribution in [1.82, 2.24) is 5.32 Å². The first kappa shape index (κ1) is 13.2. The van der Waals surface area contributed by atoms with Crippen molar-refractivity contribution in [2.24, 2.45) is 0 Å². The predicted octanol–water partition coefficient (Wildman–Crippen LogP) is 1.77. The highest BCUT2D eigenvalue weighted by Crippen LogP contribution is 2.28. The Morgan fingerprint density at radius 1 is 1.24 bits per heavy atom. The second-order valence-corrected chi connectivity index (χ2v) is 4.58. The number of benzene rings is 1. The second-order valence-electron chi connectivity index (χ2n) is 4.58. The summed E-state index contributed by atoms with van der Waals surface area (Å²) in [5, 5.41) is 12.0. The Balaban J connectivity index is 3.10. The van der Waals surface area contributed by atoms with Crippen molar-refractivity contribution in [2.75, 3.05) is 0 Å². The molecule has 0 aromatic heterocycles. The summed E-state index contributed by atoms with van der Waals surface area (Å²) in [4.78, 5) is 22.5. The summed E-state index contributed by atoms with van der Waals surface area (Å²) in [5.41, 5.74) is -0.155. The molecule has 4 heteroatoms. The van der Waals surface area contributed by atoms with E-state index in [0.717, 1.165) is 0 Å². The average Bonchev–Trinajstić information content (AvgIpc) is 2.15. The Kier molecular flexibility index (Phi) is 3.89. The number of hydrogen-bond acceptors (Lipinski definition) is 2. The molecule has 0 fully saturated rings. The zero-order valence-electron chi connectivity index (χ0n) is 10.2. The van der Waals surface area contributed by atoms with Gasteiger partial charge in [0.15, 0.2) is 0 Å². The summed E-state index contributed by atoms with van der Waals surface area (Å²) in [6.07, 6.45) is 0. The van der Waals surface area contributed by atoms with Gasteiger partial charge >= 0.3 is 5.97 Å². The largest absolute Gasteiger partial charge is 0.481 e. The van der Waals surface area contributed by atoms with Crippen molar-refractivity contribution in [2.45, 2.75) is 32.2 Å². The maximum absolute atomic E-state index is 11.4. The van der Waals surface area contributed by atoms with E-state index < -0.39 is 17.4 Å². The first-order valence-corrected chi connectivity index (χ1v) is 5.41. The maximum Gasteiger partial charge on any atom is 0.313 e. The quantitative estimate of drug-likeness (QED) is 0.835. The fraction of sp³-hybridized carbons (Fsp3) is 0.385. The lowest BCUT2D eigenvalue weighted by molar-refractivity contribution is -0.141. The third-order valence-corrected chi connectivity index (χ3v) is 2.60. The van der Waals surface area contributed by atoms with Crippen molar-refractivity contribution in [3.05, 3.63) is 35.9 Å². The lowest BCUT2D eigenvalue weighted by Crippen LogP contribution is -2.49. The normalized spacial score (nSPS) is 12.9. The fourth-order valence-electron chi connectivity index (χ4n) is 2.04. The third kappa shape index (κ3) is 3.31. The Morgan fingerprint density at radius 2 is 1.76 bits per heavy atom. The number of amides is 1. The van der Waals surface area contributed by atoms with Crippen LogP contribution in [0.5, 0.6) is 0 Å². The van der Waals surface area contributed by atoms with Crippen molar-refractivity contribution in [3.8, 4) is 0 Å². The number of nitrogens with one attached hydrogen (secondary N) is 1. The van der Waals surface area contributed by atoms with Crippen LogP contribution in [0.15, 0.2) is 30.3 Å². The zero-order chi connectivity index (χ0) is 13.1. The van der Waals surface area contributed by atoms with Crippen LogP contribution < -0.4 is 5.32 Å². The smallest absolute Gasteiger partial charge is 0.313 e. The predicted molar refractivity (Wildman–Crippen MR) is 64.7 cm³/mol. The van der Waals surface area contributed by atoms with E-state index >= 15 is 0 Å². The molecule has 2 N–H and O–H groups in total. The fourth-order valence-corrected chi connectivity index (χ4v) is 2.04. The third-order valence-electron chi connectivity index (χ3n) is 2.60. The molecular weight excluding hydrogens is 218 g/mol. The van der Waals surface area contributed by atoms with Crippen molar-refractivity contribution in [1.29, 1.82) is 0 Å². The number of rotatable bonds is 4. The second kappa shape index (κ2) is 4.99. The van der Waals surface area contributed by atoms with Gasteiger partial charge in [-0.2, -0.15) is 0 Å². The van der Waals surface area contributed by atoms with E-state index in [2.05, 4.69) is 5.32 Å². The molecule has 17 heavy (non-hydrogen) atoms. The lowest BCUT2D eigenvalue weighted by atomic mass is 9.82. The molecule has 0 bridgehead atoms. The molecule has 1 atom stereocenters. The topological polar surface area (TPSA) is 66.4 Å². The van der Waals surface area contributed by atoms with Crippen LogP contribution in [0.3, 0.4) is 0 Å². The molecule has 92 valence electrons. The van der Waals surface area contributed by atoms with E-state index in [1.165, 1.54) is 6.92 Å². The maximum atomic E-state index is 11.4. The highest BCUT2D eigenvalue weighted by molar-refractivity contribution is 5.80. The number of carboxylic acids is 1. The van der Waals surface area contributed by atoms with Gasteiger partial charge in [-0.1, -0.05) is 30.3 Å². The van der Waals surface area contributed by atoms with E-state index in [-0.39, 0.29) is 5.91 Å².